The highest BCUT2D eigenvalue weighted by atomic mass is 16.3. The zero-order chi connectivity index (χ0) is 8.69. The van der Waals surface area contributed by atoms with Gasteiger partial charge in [-0.05, 0) is 33.1 Å². The van der Waals surface area contributed by atoms with Crippen LogP contribution in [-0.4, -0.2) is 22.4 Å². The van der Waals surface area contributed by atoms with E-state index in [2.05, 4.69) is 0 Å². The fourth-order valence-electron chi connectivity index (χ4n) is 0.748. The first-order valence-electron chi connectivity index (χ1n) is 4.14. The van der Waals surface area contributed by atoms with Crippen LogP contribution in [0.25, 0.3) is 0 Å². The summed E-state index contributed by atoms with van der Waals surface area (Å²) in [4.78, 5) is 0. The Balaban J connectivity index is 3.17. The predicted molar refractivity (Wildman–Crippen MR) is 46.4 cm³/mol. The molecule has 0 saturated heterocycles. The number of hydrogen-bond donors (Lipinski definition) is 2. The minimum atomic E-state index is -0.252. The van der Waals surface area contributed by atoms with Crippen molar-refractivity contribution in [2.45, 2.75) is 45.3 Å². The van der Waals surface area contributed by atoms with Crippen LogP contribution in [0.3, 0.4) is 0 Å². The van der Waals surface area contributed by atoms with Crippen molar-refractivity contribution in [3.05, 3.63) is 12.2 Å². The van der Waals surface area contributed by atoms with Gasteiger partial charge in [0.1, 0.15) is 0 Å². The lowest BCUT2D eigenvalue weighted by Crippen LogP contribution is -1.97. The zero-order valence-electron chi connectivity index (χ0n) is 7.33. The van der Waals surface area contributed by atoms with E-state index < -0.39 is 0 Å². The van der Waals surface area contributed by atoms with Gasteiger partial charge in [-0.2, -0.15) is 0 Å². The van der Waals surface area contributed by atoms with Gasteiger partial charge in [-0.3, -0.25) is 0 Å². The number of aliphatic hydroxyl groups excluding tert-OH is 2. The highest BCUT2D eigenvalue weighted by molar-refractivity contribution is 4.83. The van der Waals surface area contributed by atoms with Crippen molar-refractivity contribution in [2.75, 3.05) is 0 Å². The fourth-order valence-corrected chi connectivity index (χ4v) is 0.748. The highest BCUT2D eigenvalue weighted by Crippen LogP contribution is 1.98. The second-order valence-corrected chi connectivity index (χ2v) is 2.98. The minimum absolute atomic E-state index is 0.216. The van der Waals surface area contributed by atoms with E-state index in [4.69, 9.17) is 10.2 Å². The molecule has 0 radical (unpaired) electrons. The first-order chi connectivity index (χ1) is 5.13. The molecule has 0 rings (SSSR count). The molecular weight excluding hydrogens is 140 g/mol. The summed E-state index contributed by atoms with van der Waals surface area (Å²) in [5, 5.41) is 17.7. The summed E-state index contributed by atoms with van der Waals surface area (Å²) in [6, 6.07) is 0. The molecule has 0 unspecified atom stereocenters. The molecule has 0 fully saturated rings. The Bertz CT molecular complexity index is 106. The Morgan fingerprint density at radius 2 is 1.73 bits per heavy atom. The quantitative estimate of drug-likeness (QED) is 0.595. The molecule has 0 heterocycles. The molecule has 0 spiro atoms. The summed E-state index contributed by atoms with van der Waals surface area (Å²) in [6.45, 7) is 3.54. The van der Waals surface area contributed by atoms with Gasteiger partial charge in [-0.15, -0.1) is 0 Å². The monoisotopic (exact) mass is 158 g/mol. The third-order valence-electron chi connectivity index (χ3n) is 1.39. The fraction of sp³-hybridized carbons (Fsp3) is 0.778. The Morgan fingerprint density at radius 1 is 1.09 bits per heavy atom. The van der Waals surface area contributed by atoms with Crippen molar-refractivity contribution >= 4 is 0 Å². The van der Waals surface area contributed by atoms with Crippen LogP contribution in [0.1, 0.15) is 33.1 Å². The van der Waals surface area contributed by atoms with Gasteiger partial charge in [0.25, 0.3) is 0 Å². The second-order valence-electron chi connectivity index (χ2n) is 2.98. The number of hydrogen-bond acceptors (Lipinski definition) is 2. The Morgan fingerprint density at radius 3 is 2.18 bits per heavy atom. The van der Waals surface area contributed by atoms with Crippen LogP contribution in [0.4, 0.5) is 0 Å². The third kappa shape index (κ3) is 9.66. The van der Waals surface area contributed by atoms with E-state index in [9.17, 15) is 0 Å². The molecule has 0 saturated carbocycles. The molecule has 0 aliphatic rings. The molecule has 2 atom stereocenters. The van der Waals surface area contributed by atoms with E-state index in [1.165, 1.54) is 0 Å². The van der Waals surface area contributed by atoms with Crippen LogP contribution in [0, 0.1) is 0 Å². The SMILES string of the molecule is C[C@@H](O)C/C=C\CC[C@@H](C)O. The molecular formula is C9H18O2. The summed E-state index contributed by atoms with van der Waals surface area (Å²) in [5.41, 5.74) is 0. The first-order valence-corrected chi connectivity index (χ1v) is 4.14. The summed E-state index contributed by atoms with van der Waals surface area (Å²) in [7, 11) is 0. The van der Waals surface area contributed by atoms with Gasteiger partial charge in [-0.1, -0.05) is 12.2 Å². The first kappa shape index (κ1) is 10.7. The van der Waals surface area contributed by atoms with Gasteiger partial charge in [0, 0.05) is 0 Å². The van der Waals surface area contributed by atoms with Gasteiger partial charge in [0.05, 0.1) is 12.2 Å². The van der Waals surface area contributed by atoms with Gasteiger partial charge in [0.2, 0.25) is 0 Å². The molecule has 0 amide bonds. The van der Waals surface area contributed by atoms with Crippen LogP contribution in [-0.2, 0) is 0 Å². The summed E-state index contributed by atoms with van der Waals surface area (Å²) in [6.07, 6.45) is 5.89. The molecule has 2 nitrogen and oxygen atoms in total. The van der Waals surface area contributed by atoms with E-state index in [-0.39, 0.29) is 12.2 Å². The Kier molecular flexibility index (Phi) is 6.18. The van der Waals surface area contributed by atoms with E-state index >= 15 is 0 Å². The molecule has 0 aromatic heterocycles. The smallest absolute Gasteiger partial charge is 0.0546 e. The molecule has 0 bridgehead atoms. The second kappa shape index (κ2) is 6.38. The molecule has 0 aliphatic heterocycles. The standard InChI is InChI=1S/C9H18O2/c1-8(10)6-4-3-5-7-9(2)11/h3-4,8-11H,5-7H2,1-2H3/b4-3-/t8-,9-/m1/s1. The lowest BCUT2D eigenvalue weighted by atomic mass is 10.2. The highest BCUT2D eigenvalue weighted by Gasteiger charge is 1.92. The Labute approximate surface area is 68.6 Å². The van der Waals surface area contributed by atoms with E-state index in [1.54, 1.807) is 13.8 Å². The van der Waals surface area contributed by atoms with Gasteiger partial charge < -0.3 is 10.2 Å². The van der Waals surface area contributed by atoms with Gasteiger partial charge in [0.15, 0.2) is 0 Å². The van der Waals surface area contributed by atoms with Crippen LogP contribution in [0.5, 0.6) is 0 Å². The van der Waals surface area contributed by atoms with Crippen molar-refractivity contribution in [3.63, 3.8) is 0 Å². The molecule has 11 heavy (non-hydrogen) atoms. The van der Waals surface area contributed by atoms with Gasteiger partial charge in [-0.25, -0.2) is 0 Å². The van der Waals surface area contributed by atoms with Crippen LogP contribution in [0.15, 0.2) is 12.2 Å². The third-order valence-corrected chi connectivity index (χ3v) is 1.39. The lowest BCUT2D eigenvalue weighted by molar-refractivity contribution is 0.185. The molecule has 2 N–H and O–H groups in total. The maximum absolute atomic E-state index is 8.88. The molecule has 0 aromatic rings. The molecule has 0 aromatic carbocycles. The van der Waals surface area contributed by atoms with E-state index in [0.29, 0.717) is 6.42 Å². The van der Waals surface area contributed by atoms with Crippen molar-refractivity contribution in [3.8, 4) is 0 Å². The Hall–Kier alpha value is -0.340. The number of aliphatic hydroxyl groups is 2. The average molecular weight is 158 g/mol. The maximum Gasteiger partial charge on any atom is 0.0546 e. The zero-order valence-corrected chi connectivity index (χ0v) is 7.33. The molecule has 2 heteroatoms. The average Bonchev–Trinajstić information content (AvgIpc) is 1.85. The summed E-state index contributed by atoms with van der Waals surface area (Å²) < 4.78 is 0. The van der Waals surface area contributed by atoms with Crippen molar-refractivity contribution in [2.24, 2.45) is 0 Å². The van der Waals surface area contributed by atoms with Crippen LogP contribution >= 0.6 is 0 Å². The predicted octanol–water partition coefficient (Wildman–Crippen LogP) is 1.47. The number of allylic oxidation sites excluding steroid dienone is 1. The summed E-state index contributed by atoms with van der Waals surface area (Å²) >= 11 is 0. The molecule has 66 valence electrons. The van der Waals surface area contributed by atoms with Crippen LogP contribution < -0.4 is 0 Å². The normalized spacial score (nSPS) is 17.1. The summed E-state index contributed by atoms with van der Waals surface area (Å²) in [5.74, 6) is 0. The van der Waals surface area contributed by atoms with Gasteiger partial charge >= 0.3 is 0 Å². The largest absolute Gasteiger partial charge is 0.393 e. The van der Waals surface area contributed by atoms with Crippen molar-refractivity contribution < 1.29 is 10.2 Å². The topological polar surface area (TPSA) is 40.5 Å². The van der Waals surface area contributed by atoms with E-state index in [0.717, 1.165) is 12.8 Å². The van der Waals surface area contributed by atoms with Crippen molar-refractivity contribution in [1.82, 2.24) is 0 Å². The van der Waals surface area contributed by atoms with Crippen LogP contribution in [0.2, 0.25) is 0 Å². The van der Waals surface area contributed by atoms with Crippen molar-refractivity contribution in [1.29, 1.82) is 0 Å². The maximum atomic E-state index is 8.88. The lowest BCUT2D eigenvalue weighted by Gasteiger charge is -1.99. The van der Waals surface area contributed by atoms with E-state index in [1.807, 2.05) is 12.2 Å². The number of rotatable bonds is 5. The minimum Gasteiger partial charge on any atom is -0.393 e. The molecule has 0 aliphatic carbocycles.